The second kappa shape index (κ2) is 8.59. The van der Waals surface area contributed by atoms with Crippen molar-refractivity contribution in [2.75, 3.05) is 29.4 Å². The lowest BCUT2D eigenvalue weighted by molar-refractivity contribution is 0.102. The maximum Gasteiger partial charge on any atom is 0.257 e. The van der Waals surface area contributed by atoms with Crippen LogP contribution in [0, 0.1) is 11.8 Å². The summed E-state index contributed by atoms with van der Waals surface area (Å²) in [4.78, 5) is 19.4. The Bertz CT molecular complexity index is 932. The molecule has 0 bridgehead atoms. The first-order valence-corrected chi connectivity index (χ1v) is 12.0. The number of thiazole rings is 1. The maximum atomic E-state index is 12.5. The predicted octanol–water partition coefficient (Wildman–Crippen LogP) is 3.24. The summed E-state index contributed by atoms with van der Waals surface area (Å²) in [5.74, 6) is 1.06. The topological polar surface area (TPSA) is 91.4 Å². The highest BCUT2D eigenvalue weighted by molar-refractivity contribution is 7.92. The van der Waals surface area contributed by atoms with Crippen LogP contribution < -0.4 is 10.0 Å². The Morgan fingerprint density at radius 1 is 1.29 bits per heavy atom. The Morgan fingerprint density at radius 3 is 2.68 bits per heavy atom. The summed E-state index contributed by atoms with van der Waals surface area (Å²) >= 11 is 1.40. The molecule has 2 unspecified atom stereocenters. The number of likely N-dealkylation sites (tertiary alicyclic amines) is 1. The standard InChI is InChI=1S/C19H26N4O3S2/c1-13-7-14(2)10-23(9-13)11-17-12-27-19(20-17)21-18(24)15-5-4-6-16(8-15)22-28(3,25)26/h4-6,8,12-14,22H,7,9-11H2,1-3H3,(H,20,21,24). The normalized spacial score (nSPS) is 20.7. The van der Waals surface area contributed by atoms with Gasteiger partial charge in [0.15, 0.2) is 5.13 Å². The van der Waals surface area contributed by atoms with Crippen LogP contribution in [0.25, 0.3) is 0 Å². The highest BCUT2D eigenvalue weighted by atomic mass is 32.2. The number of hydrogen-bond donors (Lipinski definition) is 2. The van der Waals surface area contributed by atoms with Crippen LogP contribution in [0.5, 0.6) is 0 Å². The van der Waals surface area contributed by atoms with E-state index in [0.29, 0.717) is 28.2 Å². The number of piperidine rings is 1. The van der Waals surface area contributed by atoms with Crippen molar-refractivity contribution in [1.29, 1.82) is 0 Å². The zero-order chi connectivity index (χ0) is 20.3. The van der Waals surface area contributed by atoms with Crippen LogP contribution >= 0.6 is 11.3 Å². The Labute approximate surface area is 170 Å². The number of sulfonamides is 1. The van der Waals surface area contributed by atoms with Gasteiger partial charge in [-0.15, -0.1) is 11.3 Å². The van der Waals surface area contributed by atoms with E-state index < -0.39 is 10.0 Å². The van der Waals surface area contributed by atoms with Gasteiger partial charge in [-0.3, -0.25) is 19.7 Å². The fourth-order valence-corrected chi connectivity index (χ4v) is 4.95. The first-order chi connectivity index (χ1) is 13.2. The second-order valence-electron chi connectivity index (χ2n) is 7.69. The van der Waals surface area contributed by atoms with Crippen LogP contribution in [0.4, 0.5) is 10.8 Å². The van der Waals surface area contributed by atoms with Crippen LogP contribution in [0.15, 0.2) is 29.6 Å². The first-order valence-electron chi connectivity index (χ1n) is 9.24. The van der Waals surface area contributed by atoms with Crippen molar-refractivity contribution >= 4 is 38.1 Å². The Morgan fingerprint density at radius 2 is 2.00 bits per heavy atom. The van der Waals surface area contributed by atoms with Crippen LogP contribution in [0.3, 0.4) is 0 Å². The van der Waals surface area contributed by atoms with E-state index in [-0.39, 0.29) is 5.91 Å². The minimum absolute atomic E-state index is 0.321. The summed E-state index contributed by atoms with van der Waals surface area (Å²) < 4.78 is 25.1. The number of benzene rings is 1. The van der Waals surface area contributed by atoms with Gasteiger partial charge in [0.25, 0.3) is 5.91 Å². The van der Waals surface area contributed by atoms with E-state index in [1.807, 2.05) is 5.38 Å². The second-order valence-corrected chi connectivity index (χ2v) is 10.3. The number of carbonyl (C=O) groups is 1. The molecule has 2 N–H and O–H groups in total. The number of anilines is 2. The van der Waals surface area contributed by atoms with E-state index in [4.69, 9.17) is 0 Å². The number of aromatic nitrogens is 1. The first kappa shape index (κ1) is 20.8. The smallest absolute Gasteiger partial charge is 0.257 e. The number of amides is 1. The minimum atomic E-state index is -3.39. The molecule has 1 aliphatic rings. The molecule has 9 heteroatoms. The molecule has 1 saturated heterocycles. The zero-order valence-electron chi connectivity index (χ0n) is 16.3. The monoisotopic (exact) mass is 422 g/mol. The Hall–Kier alpha value is -1.97. The van der Waals surface area contributed by atoms with Crippen molar-refractivity contribution in [2.45, 2.75) is 26.8 Å². The number of carbonyl (C=O) groups excluding carboxylic acids is 1. The fourth-order valence-electron chi connectivity index (χ4n) is 3.69. The zero-order valence-corrected chi connectivity index (χ0v) is 17.9. The Balaban J connectivity index is 1.62. The van der Waals surface area contributed by atoms with Gasteiger partial charge in [-0.25, -0.2) is 13.4 Å². The molecule has 0 aliphatic carbocycles. The molecular weight excluding hydrogens is 396 g/mol. The quantitative estimate of drug-likeness (QED) is 0.746. The lowest BCUT2D eigenvalue weighted by Gasteiger charge is -2.34. The van der Waals surface area contributed by atoms with Gasteiger partial charge in [-0.2, -0.15) is 0 Å². The number of hydrogen-bond acceptors (Lipinski definition) is 6. The summed E-state index contributed by atoms with van der Waals surface area (Å²) in [7, 11) is -3.39. The third-order valence-electron chi connectivity index (χ3n) is 4.53. The summed E-state index contributed by atoms with van der Waals surface area (Å²) in [6.45, 7) is 7.49. The number of nitrogens with zero attached hydrogens (tertiary/aromatic N) is 2. The van der Waals surface area contributed by atoms with Crippen molar-refractivity contribution in [3.63, 3.8) is 0 Å². The molecular formula is C19H26N4O3S2. The minimum Gasteiger partial charge on any atom is -0.298 e. The van der Waals surface area contributed by atoms with Gasteiger partial charge >= 0.3 is 0 Å². The largest absolute Gasteiger partial charge is 0.298 e. The molecule has 1 aliphatic heterocycles. The number of nitrogens with one attached hydrogen (secondary N) is 2. The van der Waals surface area contributed by atoms with Gasteiger partial charge in [-0.1, -0.05) is 19.9 Å². The van der Waals surface area contributed by atoms with E-state index in [0.717, 1.165) is 31.6 Å². The van der Waals surface area contributed by atoms with E-state index in [2.05, 4.69) is 33.8 Å². The molecule has 28 heavy (non-hydrogen) atoms. The highest BCUT2D eigenvalue weighted by Gasteiger charge is 2.22. The lowest BCUT2D eigenvalue weighted by atomic mass is 9.92. The van der Waals surface area contributed by atoms with Crippen LogP contribution in [0.2, 0.25) is 0 Å². The molecule has 2 atom stereocenters. The van der Waals surface area contributed by atoms with Crippen molar-refractivity contribution in [3.05, 3.63) is 40.9 Å². The highest BCUT2D eigenvalue weighted by Crippen LogP contribution is 2.24. The van der Waals surface area contributed by atoms with Crippen LogP contribution in [-0.4, -0.2) is 43.6 Å². The molecule has 0 spiro atoms. The van der Waals surface area contributed by atoms with Crippen LogP contribution in [-0.2, 0) is 16.6 Å². The third kappa shape index (κ3) is 6.02. The summed E-state index contributed by atoms with van der Waals surface area (Å²) in [5, 5.41) is 5.31. The Kier molecular flexibility index (Phi) is 6.36. The van der Waals surface area contributed by atoms with Gasteiger partial charge in [0.2, 0.25) is 10.0 Å². The molecule has 1 aromatic heterocycles. The summed E-state index contributed by atoms with van der Waals surface area (Å²) in [6, 6.07) is 6.36. The van der Waals surface area contributed by atoms with E-state index >= 15 is 0 Å². The average molecular weight is 423 g/mol. The lowest BCUT2D eigenvalue weighted by Crippen LogP contribution is -2.38. The van der Waals surface area contributed by atoms with Crippen molar-refractivity contribution in [2.24, 2.45) is 11.8 Å². The fraction of sp³-hybridized carbons (Fsp3) is 0.474. The van der Waals surface area contributed by atoms with Gasteiger partial charge in [-0.05, 0) is 36.5 Å². The van der Waals surface area contributed by atoms with Crippen molar-refractivity contribution < 1.29 is 13.2 Å². The van der Waals surface area contributed by atoms with Crippen molar-refractivity contribution in [3.8, 4) is 0 Å². The predicted molar refractivity (Wildman–Crippen MR) is 113 cm³/mol. The number of rotatable bonds is 6. The van der Waals surface area contributed by atoms with Gasteiger partial charge in [0, 0.05) is 36.3 Å². The van der Waals surface area contributed by atoms with E-state index in [1.165, 1.54) is 23.8 Å². The molecule has 0 saturated carbocycles. The third-order valence-corrected chi connectivity index (χ3v) is 5.94. The molecule has 1 aromatic carbocycles. The van der Waals surface area contributed by atoms with Crippen molar-refractivity contribution in [1.82, 2.24) is 9.88 Å². The van der Waals surface area contributed by atoms with Gasteiger partial charge < -0.3 is 0 Å². The molecule has 1 fully saturated rings. The molecule has 1 amide bonds. The summed E-state index contributed by atoms with van der Waals surface area (Å²) in [6.07, 6.45) is 2.34. The molecule has 152 valence electrons. The van der Waals surface area contributed by atoms with E-state index in [9.17, 15) is 13.2 Å². The molecule has 2 heterocycles. The van der Waals surface area contributed by atoms with Gasteiger partial charge in [0.1, 0.15) is 0 Å². The molecule has 0 radical (unpaired) electrons. The van der Waals surface area contributed by atoms with E-state index in [1.54, 1.807) is 18.2 Å². The van der Waals surface area contributed by atoms with Gasteiger partial charge in [0.05, 0.1) is 11.9 Å². The summed E-state index contributed by atoms with van der Waals surface area (Å²) in [5.41, 5.74) is 1.67. The molecule has 7 nitrogen and oxygen atoms in total. The SMILES string of the molecule is CC1CC(C)CN(Cc2csc(NC(=O)c3cccc(NS(C)(=O)=O)c3)n2)C1. The maximum absolute atomic E-state index is 12.5. The molecule has 2 aromatic rings. The molecule has 3 rings (SSSR count). The van der Waals surface area contributed by atoms with Crippen LogP contribution in [0.1, 0.15) is 36.3 Å². The average Bonchev–Trinajstić information content (AvgIpc) is 2.99.